The normalized spacial score (nSPS) is 11.9. The fourth-order valence-corrected chi connectivity index (χ4v) is 3.59. The molecule has 2 aromatic rings. The Bertz CT molecular complexity index is 787. The third-order valence-electron chi connectivity index (χ3n) is 3.91. The lowest BCUT2D eigenvalue weighted by molar-refractivity contribution is 0.371. The van der Waals surface area contributed by atoms with E-state index in [1.54, 1.807) is 6.07 Å². The highest BCUT2D eigenvalue weighted by molar-refractivity contribution is 14.1. The van der Waals surface area contributed by atoms with Crippen molar-refractivity contribution in [3.63, 3.8) is 0 Å². The number of aromatic hydroxyl groups is 2. The summed E-state index contributed by atoms with van der Waals surface area (Å²) in [6.07, 6.45) is 0. The van der Waals surface area contributed by atoms with Crippen molar-refractivity contribution in [2.75, 3.05) is 14.2 Å². The molecule has 0 saturated carbocycles. The molecule has 0 amide bonds. The van der Waals surface area contributed by atoms with Crippen molar-refractivity contribution in [2.24, 2.45) is 0 Å². The first kappa shape index (κ1) is 19.2. The second kappa shape index (κ2) is 7.81. The standard InChI is InChI=1S/C18H18I2O4/c1-9(11-5-13(19)17(21)15(7-11)23-3)10(2)12-6-14(20)18(22)16(8-12)24-4/h5-8,10,21-22H,1H2,2-4H3. The van der Waals surface area contributed by atoms with Crippen molar-refractivity contribution in [3.8, 4) is 23.0 Å². The lowest BCUT2D eigenvalue weighted by Crippen LogP contribution is -2.00. The van der Waals surface area contributed by atoms with Crippen molar-refractivity contribution in [2.45, 2.75) is 12.8 Å². The van der Waals surface area contributed by atoms with Gasteiger partial charge in [0.05, 0.1) is 21.4 Å². The molecular formula is C18H18I2O4. The maximum atomic E-state index is 9.99. The van der Waals surface area contributed by atoms with Crippen LogP contribution in [0.3, 0.4) is 0 Å². The maximum Gasteiger partial charge on any atom is 0.171 e. The highest BCUT2D eigenvalue weighted by Crippen LogP contribution is 2.41. The Kier molecular flexibility index (Phi) is 6.24. The van der Waals surface area contributed by atoms with Crippen LogP contribution in [0.5, 0.6) is 23.0 Å². The van der Waals surface area contributed by atoms with Gasteiger partial charge in [0, 0.05) is 5.92 Å². The summed E-state index contributed by atoms with van der Waals surface area (Å²) in [5, 5.41) is 20.0. The smallest absolute Gasteiger partial charge is 0.171 e. The SMILES string of the molecule is C=C(c1cc(I)c(O)c(OC)c1)C(C)c1cc(I)c(O)c(OC)c1. The number of ether oxygens (including phenoxy) is 2. The molecule has 0 saturated heterocycles. The number of benzene rings is 2. The van der Waals surface area contributed by atoms with E-state index >= 15 is 0 Å². The van der Waals surface area contributed by atoms with Gasteiger partial charge in [-0.05, 0) is 86.1 Å². The van der Waals surface area contributed by atoms with Gasteiger partial charge in [0.15, 0.2) is 23.0 Å². The summed E-state index contributed by atoms with van der Waals surface area (Å²) in [6, 6.07) is 7.38. The van der Waals surface area contributed by atoms with Gasteiger partial charge in [0.25, 0.3) is 0 Å². The van der Waals surface area contributed by atoms with Crippen molar-refractivity contribution < 1.29 is 19.7 Å². The van der Waals surface area contributed by atoms with E-state index in [0.29, 0.717) is 15.1 Å². The summed E-state index contributed by atoms with van der Waals surface area (Å²) >= 11 is 4.14. The Morgan fingerprint density at radius 3 is 2.00 bits per heavy atom. The quantitative estimate of drug-likeness (QED) is 0.505. The topological polar surface area (TPSA) is 58.9 Å². The third kappa shape index (κ3) is 3.74. The highest BCUT2D eigenvalue weighted by atomic mass is 127. The first-order valence-corrected chi connectivity index (χ1v) is 9.28. The number of hydrogen-bond acceptors (Lipinski definition) is 4. The monoisotopic (exact) mass is 552 g/mol. The molecule has 0 fully saturated rings. The summed E-state index contributed by atoms with van der Waals surface area (Å²) in [6.45, 7) is 6.25. The zero-order chi connectivity index (χ0) is 18.0. The Hall–Kier alpha value is -1.16. The second-order valence-electron chi connectivity index (χ2n) is 5.31. The molecule has 4 nitrogen and oxygen atoms in total. The minimum absolute atomic E-state index is 0.00179. The van der Waals surface area contributed by atoms with Crippen molar-refractivity contribution in [3.05, 3.63) is 49.1 Å². The van der Waals surface area contributed by atoms with E-state index in [2.05, 4.69) is 51.8 Å². The van der Waals surface area contributed by atoms with Crippen molar-refractivity contribution >= 4 is 50.8 Å². The van der Waals surface area contributed by atoms with Crippen LogP contribution in [0.4, 0.5) is 0 Å². The fourth-order valence-electron chi connectivity index (χ4n) is 2.37. The lowest BCUT2D eigenvalue weighted by atomic mass is 9.89. The summed E-state index contributed by atoms with van der Waals surface area (Å²) in [4.78, 5) is 0. The molecule has 0 bridgehead atoms. The minimum Gasteiger partial charge on any atom is -0.504 e. The number of halogens is 2. The van der Waals surface area contributed by atoms with E-state index in [-0.39, 0.29) is 17.4 Å². The average Bonchev–Trinajstić information content (AvgIpc) is 2.58. The minimum atomic E-state index is -0.00179. The first-order valence-electron chi connectivity index (χ1n) is 7.12. The predicted molar refractivity (Wildman–Crippen MR) is 112 cm³/mol. The summed E-state index contributed by atoms with van der Waals surface area (Å²) in [5.41, 5.74) is 2.76. The number of phenolic OH excluding ortho intramolecular Hbond substituents is 2. The van der Waals surface area contributed by atoms with Crippen LogP contribution < -0.4 is 9.47 Å². The van der Waals surface area contributed by atoms with Crippen LogP contribution in [-0.4, -0.2) is 24.4 Å². The van der Waals surface area contributed by atoms with Gasteiger partial charge in [0.2, 0.25) is 0 Å². The van der Waals surface area contributed by atoms with Gasteiger partial charge in [-0.3, -0.25) is 0 Å². The largest absolute Gasteiger partial charge is 0.504 e. The predicted octanol–water partition coefficient (Wildman–Crippen LogP) is 5.14. The second-order valence-corrected chi connectivity index (χ2v) is 7.63. The van der Waals surface area contributed by atoms with Crippen LogP contribution in [0, 0.1) is 7.14 Å². The average molecular weight is 552 g/mol. The van der Waals surface area contributed by atoms with Crippen LogP contribution in [-0.2, 0) is 0 Å². The molecule has 1 unspecified atom stereocenters. The van der Waals surface area contributed by atoms with Gasteiger partial charge in [-0.25, -0.2) is 0 Å². The summed E-state index contributed by atoms with van der Waals surface area (Å²) in [7, 11) is 3.05. The van der Waals surface area contributed by atoms with Crippen LogP contribution in [0.2, 0.25) is 0 Å². The molecule has 128 valence electrons. The van der Waals surface area contributed by atoms with Gasteiger partial charge >= 0.3 is 0 Å². The van der Waals surface area contributed by atoms with Crippen LogP contribution in [0.1, 0.15) is 24.0 Å². The molecule has 0 aromatic heterocycles. The summed E-state index contributed by atoms with van der Waals surface area (Å²) in [5.74, 6) is 1.12. The molecule has 2 N–H and O–H groups in total. The van der Waals surface area contributed by atoms with E-state index in [4.69, 9.17) is 9.47 Å². The van der Waals surface area contributed by atoms with Crippen molar-refractivity contribution in [1.29, 1.82) is 0 Å². The summed E-state index contributed by atoms with van der Waals surface area (Å²) < 4.78 is 11.9. The highest BCUT2D eigenvalue weighted by Gasteiger charge is 2.18. The molecular weight excluding hydrogens is 534 g/mol. The molecule has 2 rings (SSSR count). The van der Waals surface area contributed by atoms with Crippen LogP contribution in [0.25, 0.3) is 5.57 Å². The molecule has 0 aliphatic carbocycles. The zero-order valence-corrected chi connectivity index (χ0v) is 17.9. The van der Waals surface area contributed by atoms with E-state index in [1.807, 2.05) is 25.1 Å². The Labute approximate surface area is 168 Å². The Morgan fingerprint density at radius 2 is 1.46 bits per heavy atom. The van der Waals surface area contributed by atoms with E-state index in [9.17, 15) is 10.2 Å². The van der Waals surface area contributed by atoms with Gasteiger partial charge < -0.3 is 19.7 Å². The van der Waals surface area contributed by atoms with E-state index < -0.39 is 0 Å². The molecule has 0 aliphatic rings. The van der Waals surface area contributed by atoms with Crippen molar-refractivity contribution in [1.82, 2.24) is 0 Å². The molecule has 2 aromatic carbocycles. The molecule has 0 radical (unpaired) electrons. The Balaban J connectivity index is 2.44. The number of allylic oxidation sites excluding steroid dienone is 1. The van der Waals surface area contributed by atoms with Crippen LogP contribution >= 0.6 is 45.2 Å². The number of phenols is 2. The van der Waals surface area contributed by atoms with Crippen LogP contribution in [0.15, 0.2) is 30.8 Å². The third-order valence-corrected chi connectivity index (χ3v) is 5.56. The van der Waals surface area contributed by atoms with Gasteiger partial charge in [-0.15, -0.1) is 0 Å². The number of hydrogen-bond donors (Lipinski definition) is 2. The van der Waals surface area contributed by atoms with E-state index in [0.717, 1.165) is 20.3 Å². The number of rotatable bonds is 5. The Morgan fingerprint density at radius 1 is 0.958 bits per heavy atom. The van der Waals surface area contributed by atoms with Gasteiger partial charge in [-0.1, -0.05) is 13.5 Å². The molecule has 6 heteroatoms. The van der Waals surface area contributed by atoms with E-state index in [1.165, 1.54) is 14.2 Å². The molecule has 0 spiro atoms. The number of methoxy groups -OCH3 is 2. The first-order chi connectivity index (χ1) is 11.3. The van der Waals surface area contributed by atoms with Gasteiger partial charge in [-0.2, -0.15) is 0 Å². The maximum absolute atomic E-state index is 9.99. The molecule has 0 aliphatic heterocycles. The van der Waals surface area contributed by atoms with Gasteiger partial charge in [0.1, 0.15) is 0 Å². The lowest BCUT2D eigenvalue weighted by Gasteiger charge is -2.19. The molecule has 1 atom stereocenters. The molecule has 24 heavy (non-hydrogen) atoms. The fraction of sp³-hybridized carbons (Fsp3) is 0.222. The molecule has 0 heterocycles. The zero-order valence-electron chi connectivity index (χ0n) is 13.6.